The van der Waals surface area contributed by atoms with Crippen molar-refractivity contribution in [2.75, 3.05) is 19.8 Å². The second-order valence-corrected chi connectivity index (χ2v) is 7.05. The Kier molecular flexibility index (Phi) is 7.73. The smallest absolute Gasteiger partial charge is 0.344 e. The van der Waals surface area contributed by atoms with Crippen molar-refractivity contribution >= 4 is 41.5 Å². The van der Waals surface area contributed by atoms with Crippen molar-refractivity contribution in [3.8, 4) is 11.5 Å². The fraction of sp³-hybridized carbons (Fsp3) is 0.273. The lowest BCUT2D eigenvalue weighted by atomic mass is 10.1. The molecule has 33 heavy (non-hydrogen) atoms. The summed E-state index contributed by atoms with van der Waals surface area (Å²) in [6, 6.07) is 5.30. The Bertz CT molecular complexity index is 1090. The first-order valence-corrected chi connectivity index (χ1v) is 10.4. The van der Waals surface area contributed by atoms with Gasteiger partial charge in [-0.25, -0.2) is 9.59 Å². The minimum Gasteiger partial charge on any atom is -0.490 e. The van der Waals surface area contributed by atoms with E-state index < -0.39 is 23.8 Å². The number of esters is 1. The Morgan fingerprint density at radius 1 is 1.18 bits per heavy atom. The molecule has 174 valence electrons. The molecule has 11 heteroatoms. The molecule has 1 N–H and O–H groups in total. The Morgan fingerprint density at radius 3 is 2.64 bits per heavy atom. The number of benzene rings is 1. The minimum atomic E-state index is -0.852. The second kappa shape index (κ2) is 10.7. The van der Waals surface area contributed by atoms with Crippen molar-refractivity contribution in [2.24, 2.45) is 0 Å². The summed E-state index contributed by atoms with van der Waals surface area (Å²) >= 11 is 6.32. The van der Waals surface area contributed by atoms with E-state index in [9.17, 15) is 19.2 Å². The van der Waals surface area contributed by atoms with Gasteiger partial charge in [0.1, 0.15) is 11.3 Å². The van der Waals surface area contributed by atoms with Crippen molar-refractivity contribution in [2.45, 2.75) is 20.4 Å². The summed E-state index contributed by atoms with van der Waals surface area (Å²) < 4.78 is 21.0. The highest BCUT2D eigenvalue weighted by Crippen LogP contribution is 2.37. The van der Waals surface area contributed by atoms with Gasteiger partial charge in [-0.05, 0) is 49.8 Å². The number of nitrogens with zero attached hydrogens (tertiary/aromatic N) is 1. The Labute approximate surface area is 194 Å². The maximum Gasteiger partial charge on any atom is 0.344 e. The van der Waals surface area contributed by atoms with E-state index in [1.165, 1.54) is 24.5 Å². The summed E-state index contributed by atoms with van der Waals surface area (Å²) in [5.74, 6) is -1.53. The molecule has 3 rings (SSSR count). The van der Waals surface area contributed by atoms with Gasteiger partial charge in [0.15, 0.2) is 18.1 Å². The van der Waals surface area contributed by atoms with Crippen LogP contribution in [0.2, 0.25) is 5.02 Å². The first-order chi connectivity index (χ1) is 15.8. The van der Waals surface area contributed by atoms with Crippen LogP contribution in [0, 0.1) is 0 Å². The van der Waals surface area contributed by atoms with Crippen LogP contribution in [0.5, 0.6) is 11.5 Å². The second-order valence-electron chi connectivity index (χ2n) is 6.64. The zero-order valence-corrected chi connectivity index (χ0v) is 18.6. The van der Waals surface area contributed by atoms with Crippen LogP contribution in [0.3, 0.4) is 0 Å². The number of nitrogens with one attached hydrogen (secondary N) is 1. The molecule has 1 saturated heterocycles. The zero-order valence-electron chi connectivity index (χ0n) is 17.9. The molecule has 2 heterocycles. The van der Waals surface area contributed by atoms with E-state index in [1.54, 1.807) is 26.0 Å². The molecule has 1 aliphatic heterocycles. The van der Waals surface area contributed by atoms with Crippen LogP contribution in [0.4, 0.5) is 4.79 Å². The monoisotopic (exact) mass is 476 g/mol. The van der Waals surface area contributed by atoms with Crippen LogP contribution in [0.15, 0.2) is 40.5 Å². The van der Waals surface area contributed by atoms with Gasteiger partial charge in [-0.1, -0.05) is 11.6 Å². The first-order valence-electron chi connectivity index (χ1n) is 10.00. The molecule has 1 aromatic carbocycles. The van der Waals surface area contributed by atoms with Crippen LogP contribution in [0.1, 0.15) is 25.2 Å². The average Bonchev–Trinajstić information content (AvgIpc) is 3.27. The highest BCUT2D eigenvalue weighted by molar-refractivity contribution is 6.33. The average molecular weight is 477 g/mol. The highest BCUT2D eigenvalue weighted by Gasteiger charge is 2.36. The van der Waals surface area contributed by atoms with Gasteiger partial charge in [0, 0.05) is 0 Å². The summed E-state index contributed by atoms with van der Waals surface area (Å²) in [5, 5.41) is 2.22. The number of ether oxygens (including phenoxy) is 3. The highest BCUT2D eigenvalue weighted by atomic mass is 35.5. The summed E-state index contributed by atoms with van der Waals surface area (Å²) in [7, 11) is 0. The summed E-state index contributed by atoms with van der Waals surface area (Å²) in [5.41, 5.74) is 0.0672. The third-order valence-electron chi connectivity index (χ3n) is 4.36. The van der Waals surface area contributed by atoms with Crippen molar-refractivity contribution in [1.29, 1.82) is 0 Å². The lowest BCUT2D eigenvalue weighted by Crippen LogP contribution is -2.53. The largest absolute Gasteiger partial charge is 0.490 e. The van der Waals surface area contributed by atoms with Gasteiger partial charge in [-0.2, -0.15) is 0 Å². The quantitative estimate of drug-likeness (QED) is 0.333. The van der Waals surface area contributed by atoms with Crippen LogP contribution < -0.4 is 14.8 Å². The molecule has 4 amide bonds. The SMILES string of the molecule is CCOC(=O)COc1c(Cl)cc(C=C2C(=O)NC(=O)N(Cc3ccco3)C2=O)cc1OCC. The maximum absolute atomic E-state index is 12.9. The molecule has 1 fully saturated rings. The topological polar surface area (TPSA) is 124 Å². The van der Waals surface area contributed by atoms with E-state index in [2.05, 4.69) is 5.32 Å². The van der Waals surface area contributed by atoms with E-state index in [1.807, 2.05) is 0 Å². The first kappa shape index (κ1) is 23.9. The number of rotatable bonds is 9. The van der Waals surface area contributed by atoms with E-state index in [0.717, 1.165) is 4.90 Å². The molecular formula is C22H21ClN2O8. The lowest BCUT2D eigenvalue weighted by molar-refractivity contribution is -0.145. The number of halogens is 1. The zero-order chi connectivity index (χ0) is 24.0. The minimum absolute atomic E-state index is 0.0873. The Hall–Kier alpha value is -3.79. The fourth-order valence-corrected chi connectivity index (χ4v) is 3.24. The van der Waals surface area contributed by atoms with E-state index in [0.29, 0.717) is 11.3 Å². The van der Waals surface area contributed by atoms with Crippen LogP contribution in [-0.2, 0) is 25.7 Å². The summed E-state index contributed by atoms with van der Waals surface area (Å²) in [6.45, 7) is 3.36. The third kappa shape index (κ3) is 5.72. The number of hydrogen-bond acceptors (Lipinski definition) is 8. The van der Waals surface area contributed by atoms with Crippen molar-refractivity contribution in [3.63, 3.8) is 0 Å². The number of carbonyl (C=O) groups is 4. The maximum atomic E-state index is 12.9. The number of amides is 4. The molecule has 0 aliphatic carbocycles. The predicted octanol–water partition coefficient (Wildman–Crippen LogP) is 2.94. The van der Waals surface area contributed by atoms with Crippen LogP contribution in [0.25, 0.3) is 6.08 Å². The Morgan fingerprint density at radius 2 is 1.97 bits per heavy atom. The normalized spacial score (nSPS) is 14.9. The molecule has 0 spiro atoms. The molecule has 0 radical (unpaired) electrons. The van der Waals surface area contributed by atoms with Gasteiger partial charge < -0.3 is 18.6 Å². The van der Waals surface area contributed by atoms with E-state index in [4.69, 9.17) is 30.2 Å². The number of barbiturate groups is 1. The van der Waals surface area contributed by atoms with Gasteiger partial charge >= 0.3 is 12.0 Å². The summed E-state index contributed by atoms with van der Waals surface area (Å²) in [4.78, 5) is 49.9. The Balaban J connectivity index is 1.90. The third-order valence-corrected chi connectivity index (χ3v) is 4.64. The predicted molar refractivity (Wildman–Crippen MR) is 116 cm³/mol. The van der Waals surface area contributed by atoms with Crippen LogP contribution >= 0.6 is 11.6 Å². The van der Waals surface area contributed by atoms with Gasteiger partial charge in [-0.3, -0.25) is 19.8 Å². The van der Waals surface area contributed by atoms with Crippen molar-refractivity contribution < 1.29 is 37.8 Å². The fourth-order valence-electron chi connectivity index (χ4n) is 2.97. The van der Waals surface area contributed by atoms with E-state index >= 15 is 0 Å². The molecule has 10 nitrogen and oxygen atoms in total. The molecule has 0 atom stereocenters. The molecule has 1 aromatic heterocycles. The molecule has 0 bridgehead atoms. The number of imide groups is 2. The van der Waals surface area contributed by atoms with Gasteiger partial charge in [0.2, 0.25) is 0 Å². The van der Waals surface area contributed by atoms with E-state index in [-0.39, 0.29) is 48.5 Å². The summed E-state index contributed by atoms with van der Waals surface area (Å²) in [6.07, 6.45) is 2.69. The number of urea groups is 1. The van der Waals surface area contributed by atoms with Crippen molar-refractivity contribution in [1.82, 2.24) is 10.2 Å². The molecule has 0 unspecified atom stereocenters. The number of furan rings is 1. The molecular weight excluding hydrogens is 456 g/mol. The number of hydrogen-bond donors (Lipinski definition) is 1. The number of carbonyl (C=O) groups excluding carboxylic acids is 4. The van der Waals surface area contributed by atoms with Gasteiger partial charge in [0.25, 0.3) is 11.8 Å². The molecule has 0 saturated carbocycles. The van der Waals surface area contributed by atoms with Crippen LogP contribution in [-0.4, -0.2) is 48.5 Å². The molecule has 1 aliphatic rings. The molecule has 2 aromatic rings. The van der Waals surface area contributed by atoms with Crippen molar-refractivity contribution in [3.05, 3.63) is 52.4 Å². The lowest BCUT2D eigenvalue weighted by Gasteiger charge is -2.25. The van der Waals surface area contributed by atoms with Gasteiger partial charge in [0.05, 0.1) is 31.0 Å². The standard InChI is InChI=1S/C22H21ClN2O8/c1-3-30-17-10-13(9-16(23)19(17)33-12-18(26)31-4-2)8-15-20(27)24-22(29)25(21(15)28)11-14-6-5-7-32-14/h5-10H,3-4,11-12H2,1-2H3,(H,24,27,29). The van der Waals surface area contributed by atoms with Gasteiger partial charge in [-0.15, -0.1) is 0 Å².